The molecule has 0 radical (unpaired) electrons. The van der Waals surface area contributed by atoms with Gasteiger partial charge >= 0.3 is 0 Å². The van der Waals surface area contributed by atoms with Crippen molar-refractivity contribution in [1.82, 2.24) is 9.78 Å². The number of nitrogens with zero attached hydrogens (tertiary/aromatic N) is 3. The Hall–Kier alpha value is -1.34. The van der Waals surface area contributed by atoms with E-state index in [4.69, 9.17) is 10.00 Å². The summed E-state index contributed by atoms with van der Waals surface area (Å²) in [5, 5.41) is 13.6. The number of rotatable bonds is 3. The molecular weight excluding hydrogens is 370 g/mol. The summed E-state index contributed by atoms with van der Waals surface area (Å²) in [6, 6.07) is 2.23. The normalized spacial score (nSPS) is 44.3. The summed E-state index contributed by atoms with van der Waals surface area (Å²) >= 11 is 0. The molecule has 1 saturated heterocycles. The van der Waals surface area contributed by atoms with Gasteiger partial charge in [0.2, 0.25) is 0 Å². The smallest absolute Gasteiger partial charge is 0.102 e. The van der Waals surface area contributed by atoms with E-state index in [0.29, 0.717) is 5.56 Å². The van der Waals surface area contributed by atoms with Crippen molar-refractivity contribution in [3.63, 3.8) is 0 Å². The van der Waals surface area contributed by atoms with Crippen molar-refractivity contribution < 1.29 is 4.74 Å². The highest BCUT2D eigenvalue weighted by molar-refractivity contribution is 5.21. The highest BCUT2D eigenvalue weighted by Crippen LogP contribution is 2.62. The summed E-state index contributed by atoms with van der Waals surface area (Å²) in [4.78, 5) is 0. The van der Waals surface area contributed by atoms with Crippen LogP contribution in [-0.4, -0.2) is 23.0 Å². The standard InChI is InChI=1S/C26H37N3O/c1-17-2-4-20-19(10-17)3-5-22-21(20)6-7-24-23(22)8-9-25(24)26(15-30-16-26)14-29-13-18(11-27)12-28-29/h12-13,17,19-25H,2-10,14-16H2,1H3/t17-,19+,20-,21+,22+,23?,24?,25-/m0/s1. The molecule has 0 N–H and O–H groups in total. The van der Waals surface area contributed by atoms with Crippen molar-refractivity contribution >= 4 is 0 Å². The largest absolute Gasteiger partial charge is 0.380 e. The van der Waals surface area contributed by atoms with Crippen LogP contribution in [0.15, 0.2) is 12.4 Å². The molecule has 1 aromatic rings. The van der Waals surface area contributed by atoms with Crippen LogP contribution in [0.25, 0.3) is 0 Å². The zero-order chi connectivity index (χ0) is 20.3. The van der Waals surface area contributed by atoms with Crippen molar-refractivity contribution in [3.05, 3.63) is 18.0 Å². The Labute approximate surface area is 181 Å². The van der Waals surface area contributed by atoms with Gasteiger partial charge in [-0.2, -0.15) is 10.4 Å². The molecule has 5 fully saturated rings. The molecule has 8 atom stereocenters. The van der Waals surface area contributed by atoms with Gasteiger partial charge in [0.05, 0.1) is 31.5 Å². The summed E-state index contributed by atoms with van der Waals surface area (Å²) in [5.41, 5.74) is 0.927. The SMILES string of the molecule is C[C@H]1CC[C@H]2[C@H](CC[C@H]3C4CC[C@H](C5(Cn6cc(C#N)cn6)COC5)C4CC[C@H]23)C1. The van der Waals surface area contributed by atoms with Gasteiger partial charge in [0.25, 0.3) is 0 Å². The van der Waals surface area contributed by atoms with Gasteiger partial charge in [0.1, 0.15) is 6.07 Å². The lowest BCUT2D eigenvalue weighted by Crippen LogP contribution is -2.54. The van der Waals surface area contributed by atoms with Crippen LogP contribution < -0.4 is 0 Å². The lowest BCUT2D eigenvalue weighted by molar-refractivity contribution is -0.171. The van der Waals surface area contributed by atoms with E-state index in [1.807, 2.05) is 10.9 Å². The topological polar surface area (TPSA) is 50.8 Å². The van der Waals surface area contributed by atoms with E-state index in [2.05, 4.69) is 18.1 Å². The third kappa shape index (κ3) is 2.99. The molecule has 1 aromatic heterocycles. The van der Waals surface area contributed by atoms with E-state index in [0.717, 1.165) is 67.1 Å². The van der Waals surface area contributed by atoms with Crippen LogP contribution in [0.1, 0.15) is 70.3 Å². The molecule has 1 aliphatic heterocycles. The number of aromatic nitrogens is 2. The molecule has 4 aliphatic carbocycles. The Bertz CT molecular complexity index is 820. The van der Waals surface area contributed by atoms with Gasteiger partial charge in [-0.25, -0.2) is 0 Å². The molecule has 0 amide bonds. The van der Waals surface area contributed by atoms with Crippen molar-refractivity contribution in [2.24, 2.45) is 52.8 Å². The van der Waals surface area contributed by atoms with E-state index in [-0.39, 0.29) is 5.41 Å². The minimum Gasteiger partial charge on any atom is -0.380 e. The molecule has 2 unspecified atom stereocenters. The molecule has 4 heteroatoms. The van der Waals surface area contributed by atoms with Crippen LogP contribution in [0.4, 0.5) is 0 Å². The third-order valence-electron chi connectivity index (χ3n) is 10.3. The van der Waals surface area contributed by atoms with Crippen LogP contribution in [0.2, 0.25) is 0 Å². The molecule has 162 valence electrons. The average molecular weight is 408 g/mol. The van der Waals surface area contributed by atoms with E-state index < -0.39 is 0 Å². The molecule has 2 heterocycles. The summed E-state index contributed by atoms with van der Waals surface area (Å²) < 4.78 is 7.84. The monoisotopic (exact) mass is 407 g/mol. The van der Waals surface area contributed by atoms with Crippen LogP contribution in [0.3, 0.4) is 0 Å². The van der Waals surface area contributed by atoms with Crippen LogP contribution in [0, 0.1) is 64.1 Å². The molecule has 0 bridgehead atoms. The highest BCUT2D eigenvalue weighted by Gasteiger charge is 2.57. The Morgan fingerprint density at radius 3 is 2.47 bits per heavy atom. The zero-order valence-electron chi connectivity index (χ0n) is 18.5. The fourth-order valence-corrected chi connectivity index (χ4v) is 9.12. The van der Waals surface area contributed by atoms with Crippen molar-refractivity contribution in [2.45, 2.75) is 71.3 Å². The first kappa shape index (κ1) is 19.4. The van der Waals surface area contributed by atoms with Gasteiger partial charge < -0.3 is 4.74 Å². The molecular formula is C26H37N3O. The summed E-state index contributed by atoms with van der Waals surface area (Å²) in [7, 11) is 0. The predicted octanol–water partition coefficient (Wildman–Crippen LogP) is 5.29. The average Bonchev–Trinajstić information content (AvgIpc) is 3.37. The molecule has 30 heavy (non-hydrogen) atoms. The third-order valence-corrected chi connectivity index (χ3v) is 10.3. The van der Waals surface area contributed by atoms with E-state index in [1.54, 1.807) is 6.20 Å². The van der Waals surface area contributed by atoms with Gasteiger partial charge in [-0.1, -0.05) is 13.3 Å². The molecule has 4 nitrogen and oxygen atoms in total. The molecule has 0 spiro atoms. The fraction of sp³-hybridized carbons (Fsp3) is 0.846. The van der Waals surface area contributed by atoms with Gasteiger partial charge in [0, 0.05) is 11.6 Å². The lowest BCUT2D eigenvalue weighted by Gasteiger charge is -2.55. The number of nitriles is 1. The van der Waals surface area contributed by atoms with Crippen molar-refractivity contribution in [1.29, 1.82) is 5.26 Å². The maximum Gasteiger partial charge on any atom is 0.102 e. The Kier molecular flexibility index (Phi) is 4.75. The van der Waals surface area contributed by atoms with Crippen LogP contribution >= 0.6 is 0 Å². The first-order valence-corrected chi connectivity index (χ1v) is 12.7. The fourth-order valence-electron chi connectivity index (χ4n) is 9.12. The molecule has 5 aliphatic rings. The second kappa shape index (κ2) is 7.37. The van der Waals surface area contributed by atoms with Crippen molar-refractivity contribution in [3.8, 4) is 6.07 Å². The second-order valence-electron chi connectivity index (χ2n) is 11.7. The van der Waals surface area contributed by atoms with Gasteiger partial charge in [-0.05, 0) is 98.7 Å². The van der Waals surface area contributed by atoms with Gasteiger partial charge in [0.15, 0.2) is 0 Å². The number of fused-ring (bicyclic) bond motifs is 5. The summed E-state index contributed by atoms with van der Waals surface area (Å²) in [6.45, 7) is 5.19. The molecule has 6 rings (SSSR count). The molecule has 0 aromatic carbocycles. The maximum absolute atomic E-state index is 9.17. The zero-order valence-corrected chi connectivity index (χ0v) is 18.5. The summed E-state index contributed by atoms with van der Waals surface area (Å²) in [6.07, 6.45) is 17.0. The molecule has 4 saturated carbocycles. The Morgan fingerprint density at radius 2 is 1.70 bits per heavy atom. The number of hydrogen-bond donors (Lipinski definition) is 0. The van der Waals surface area contributed by atoms with Crippen LogP contribution in [-0.2, 0) is 11.3 Å². The first-order chi connectivity index (χ1) is 14.7. The lowest BCUT2D eigenvalue weighted by atomic mass is 9.51. The number of ether oxygens (including phenoxy) is 1. The van der Waals surface area contributed by atoms with E-state index in [9.17, 15) is 0 Å². The summed E-state index contributed by atoms with van der Waals surface area (Å²) in [5.74, 6) is 7.77. The number of hydrogen-bond acceptors (Lipinski definition) is 3. The van der Waals surface area contributed by atoms with E-state index in [1.165, 1.54) is 57.8 Å². The minimum atomic E-state index is 0.252. The van der Waals surface area contributed by atoms with Crippen molar-refractivity contribution in [2.75, 3.05) is 13.2 Å². The Morgan fingerprint density at radius 1 is 1.00 bits per heavy atom. The van der Waals surface area contributed by atoms with Crippen LogP contribution in [0.5, 0.6) is 0 Å². The van der Waals surface area contributed by atoms with Gasteiger partial charge in [-0.3, -0.25) is 4.68 Å². The minimum absolute atomic E-state index is 0.252. The van der Waals surface area contributed by atoms with Gasteiger partial charge in [-0.15, -0.1) is 0 Å². The predicted molar refractivity (Wildman–Crippen MR) is 115 cm³/mol. The highest BCUT2D eigenvalue weighted by atomic mass is 16.5. The first-order valence-electron chi connectivity index (χ1n) is 12.7. The second-order valence-corrected chi connectivity index (χ2v) is 11.7. The maximum atomic E-state index is 9.17. The van der Waals surface area contributed by atoms with E-state index >= 15 is 0 Å². The quantitative estimate of drug-likeness (QED) is 0.684. The Balaban J connectivity index is 1.19.